The molecule has 0 aliphatic heterocycles. The summed E-state index contributed by atoms with van der Waals surface area (Å²) in [5, 5.41) is 4.01. The van der Waals surface area contributed by atoms with Gasteiger partial charge < -0.3 is 19.0 Å². The van der Waals surface area contributed by atoms with E-state index in [4.69, 9.17) is 19.0 Å². The number of oxime groups is 1. The number of rotatable bonds is 8. The van der Waals surface area contributed by atoms with Gasteiger partial charge in [-0.1, -0.05) is 29.4 Å². The fraction of sp³-hybridized carbons (Fsp3) is 0.304. The number of hydrogen-bond acceptors (Lipinski definition) is 6. The largest absolute Gasteiger partial charge is 0.503 e. The van der Waals surface area contributed by atoms with Crippen molar-refractivity contribution in [3.63, 3.8) is 0 Å². The maximum atomic E-state index is 12.1. The van der Waals surface area contributed by atoms with Crippen LogP contribution in [0, 0.1) is 13.8 Å². The Balaban J connectivity index is 2.32. The Kier molecular flexibility index (Phi) is 7.83. The third kappa shape index (κ3) is 5.38. The molecule has 2 aromatic rings. The van der Waals surface area contributed by atoms with E-state index in [9.17, 15) is 4.79 Å². The first-order chi connectivity index (χ1) is 13.9. The van der Waals surface area contributed by atoms with Crippen LogP contribution in [0.2, 0.25) is 0 Å². The van der Waals surface area contributed by atoms with E-state index in [1.54, 1.807) is 0 Å². The average molecular weight is 397 g/mol. The molecular weight excluding hydrogens is 370 g/mol. The quantitative estimate of drug-likeness (QED) is 0.217. The second-order valence-electron chi connectivity index (χ2n) is 6.50. The zero-order chi connectivity index (χ0) is 21.4. The second kappa shape index (κ2) is 10.3. The van der Waals surface area contributed by atoms with Crippen LogP contribution < -0.4 is 4.74 Å². The molecule has 0 radical (unpaired) electrons. The Morgan fingerprint density at radius 2 is 1.76 bits per heavy atom. The number of esters is 1. The smallest absolute Gasteiger partial charge is 0.341 e. The van der Waals surface area contributed by atoms with Crippen LogP contribution in [-0.2, 0) is 25.7 Å². The van der Waals surface area contributed by atoms with Gasteiger partial charge in [0, 0.05) is 5.56 Å². The zero-order valence-electron chi connectivity index (χ0n) is 17.7. The molecular formula is C23H27NO5. The van der Waals surface area contributed by atoms with E-state index in [2.05, 4.69) is 5.16 Å². The average Bonchev–Trinajstić information content (AvgIpc) is 2.72. The van der Waals surface area contributed by atoms with Crippen molar-refractivity contribution in [1.29, 1.82) is 0 Å². The van der Waals surface area contributed by atoms with Crippen molar-refractivity contribution in [3.8, 4) is 5.75 Å². The molecule has 0 saturated heterocycles. The van der Waals surface area contributed by atoms with Crippen molar-refractivity contribution in [2.24, 2.45) is 5.16 Å². The molecule has 0 aliphatic rings. The highest BCUT2D eigenvalue weighted by molar-refractivity contribution is 6.16. The lowest BCUT2D eigenvalue weighted by Gasteiger charge is -2.15. The summed E-state index contributed by atoms with van der Waals surface area (Å²) in [6.07, 6.45) is 1.38. The van der Waals surface area contributed by atoms with Crippen LogP contribution in [0.5, 0.6) is 5.75 Å². The van der Waals surface area contributed by atoms with Crippen molar-refractivity contribution in [2.75, 3.05) is 21.3 Å². The van der Waals surface area contributed by atoms with Gasteiger partial charge in [0.25, 0.3) is 0 Å². The molecule has 0 atom stereocenters. The van der Waals surface area contributed by atoms with E-state index in [-0.39, 0.29) is 0 Å². The van der Waals surface area contributed by atoms with Crippen molar-refractivity contribution >= 4 is 17.3 Å². The first-order valence-corrected chi connectivity index (χ1v) is 9.14. The third-order valence-corrected chi connectivity index (χ3v) is 4.47. The van der Waals surface area contributed by atoms with E-state index in [1.165, 1.54) is 27.6 Å². The molecule has 0 aromatic heterocycles. The Labute approximate surface area is 171 Å². The first kappa shape index (κ1) is 22.0. The summed E-state index contributed by atoms with van der Waals surface area (Å²) >= 11 is 0. The predicted octanol–water partition coefficient (Wildman–Crippen LogP) is 4.41. The molecule has 6 heteroatoms. The van der Waals surface area contributed by atoms with Gasteiger partial charge in [0.2, 0.25) is 0 Å². The van der Waals surface area contributed by atoms with Crippen molar-refractivity contribution in [2.45, 2.75) is 27.4 Å². The minimum absolute atomic E-state index is 0.291. The van der Waals surface area contributed by atoms with E-state index >= 15 is 0 Å². The molecule has 0 saturated carbocycles. The molecule has 0 spiro atoms. The number of carbonyl (C=O) groups excluding carboxylic acids is 1. The van der Waals surface area contributed by atoms with Gasteiger partial charge in [-0.05, 0) is 55.2 Å². The Morgan fingerprint density at radius 1 is 1.03 bits per heavy atom. The minimum atomic E-state index is -0.469. The summed E-state index contributed by atoms with van der Waals surface area (Å²) in [5.41, 5.74) is 5.71. The molecule has 0 aliphatic carbocycles. The lowest BCUT2D eigenvalue weighted by molar-refractivity contribution is -0.133. The van der Waals surface area contributed by atoms with E-state index in [0.717, 1.165) is 33.7 Å². The Morgan fingerprint density at radius 3 is 2.41 bits per heavy atom. The monoisotopic (exact) mass is 397 g/mol. The SMILES string of the molecule is CO/C=C(/C(=O)OC)c1ccccc1COc1cc(C)c(/C(C)=N/OC)cc1C. The first-order valence-electron chi connectivity index (χ1n) is 9.14. The van der Waals surface area contributed by atoms with E-state index in [1.807, 2.05) is 57.2 Å². The molecule has 2 aromatic carbocycles. The van der Waals surface area contributed by atoms with Crippen LogP contribution in [0.3, 0.4) is 0 Å². The molecule has 0 N–H and O–H groups in total. The highest BCUT2D eigenvalue weighted by Gasteiger charge is 2.17. The number of carbonyl (C=O) groups is 1. The summed E-state index contributed by atoms with van der Waals surface area (Å²) in [7, 11) is 4.36. The van der Waals surface area contributed by atoms with Gasteiger partial charge in [-0.15, -0.1) is 0 Å². The predicted molar refractivity (Wildman–Crippen MR) is 113 cm³/mol. The van der Waals surface area contributed by atoms with Crippen molar-refractivity contribution in [3.05, 3.63) is 70.5 Å². The zero-order valence-corrected chi connectivity index (χ0v) is 17.7. The molecule has 6 nitrogen and oxygen atoms in total. The number of nitrogens with zero attached hydrogens (tertiary/aromatic N) is 1. The van der Waals surface area contributed by atoms with Crippen LogP contribution in [0.4, 0.5) is 0 Å². The van der Waals surface area contributed by atoms with E-state index < -0.39 is 5.97 Å². The summed E-state index contributed by atoms with van der Waals surface area (Å²) in [4.78, 5) is 17.0. The summed E-state index contributed by atoms with van der Waals surface area (Å²) in [6.45, 7) is 6.17. The van der Waals surface area contributed by atoms with Crippen LogP contribution >= 0.6 is 0 Å². The molecule has 0 fully saturated rings. The number of aryl methyl sites for hydroxylation is 2. The normalized spacial score (nSPS) is 11.8. The van der Waals surface area contributed by atoms with Crippen LogP contribution in [0.15, 0.2) is 47.8 Å². The maximum absolute atomic E-state index is 12.1. The fourth-order valence-corrected chi connectivity index (χ4v) is 3.03. The van der Waals surface area contributed by atoms with E-state index in [0.29, 0.717) is 17.7 Å². The summed E-state index contributed by atoms with van der Waals surface area (Å²) < 4.78 is 16.0. The van der Waals surface area contributed by atoms with Crippen molar-refractivity contribution < 1.29 is 23.8 Å². The Bertz CT molecular complexity index is 931. The highest BCUT2D eigenvalue weighted by Crippen LogP contribution is 2.27. The molecule has 0 amide bonds. The third-order valence-electron chi connectivity index (χ3n) is 4.47. The number of ether oxygens (including phenoxy) is 3. The second-order valence-corrected chi connectivity index (χ2v) is 6.50. The topological polar surface area (TPSA) is 66.4 Å². The minimum Gasteiger partial charge on any atom is -0.503 e. The molecule has 0 heterocycles. The maximum Gasteiger partial charge on any atom is 0.341 e. The van der Waals surface area contributed by atoms with Gasteiger partial charge in [-0.3, -0.25) is 0 Å². The molecule has 2 rings (SSSR count). The Hall–Kier alpha value is -3.28. The molecule has 29 heavy (non-hydrogen) atoms. The standard InChI is InChI=1S/C23H27NO5/c1-15-12-22(16(2)11-20(15)17(3)24-28-6)29-13-18-9-7-8-10-19(18)21(14-26-4)23(25)27-5/h7-12,14H,13H2,1-6H3/b21-14+,24-17+. The summed E-state index contributed by atoms with van der Waals surface area (Å²) in [5.74, 6) is 0.296. The molecule has 0 unspecified atom stereocenters. The van der Waals surface area contributed by atoms with Gasteiger partial charge in [0.15, 0.2) is 0 Å². The van der Waals surface area contributed by atoms with Gasteiger partial charge >= 0.3 is 5.97 Å². The van der Waals surface area contributed by atoms with Gasteiger partial charge in [0.1, 0.15) is 25.0 Å². The van der Waals surface area contributed by atoms with Gasteiger partial charge in [-0.25, -0.2) is 4.79 Å². The van der Waals surface area contributed by atoms with Crippen LogP contribution in [-0.4, -0.2) is 33.0 Å². The summed E-state index contributed by atoms with van der Waals surface area (Å²) in [6, 6.07) is 11.5. The molecule has 154 valence electrons. The lowest BCUT2D eigenvalue weighted by Crippen LogP contribution is -2.09. The number of hydrogen-bond donors (Lipinski definition) is 0. The van der Waals surface area contributed by atoms with Gasteiger partial charge in [0.05, 0.1) is 26.2 Å². The van der Waals surface area contributed by atoms with Crippen LogP contribution in [0.1, 0.15) is 34.7 Å². The lowest BCUT2D eigenvalue weighted by atomic mass is 10.0. The fourth-order valence-electron chi connectivity index (χ4n) is 3.03. The van der Waals surface area contributed by atoms with Crippen LogP contribution in [0.25, 0.3) is 5.57 Å². The number of benzene rings is 2. The molecule has 0 bridgehead atoms. The number of methoxy groups -OCH3 is 2. The van der Waals surface area contributed by atoms with Gasteiger partial charge in [-0.2, -0.15) is 0 Å². The van der Waals surface area contributed by atoms with Crippen molar-refractivity contribution in [1.82, 2.24) is 0 Å². The highest BCUT2D eigenvalue weighted by atomic mass is 16.6.